The normalized spacial score (nSPS) is 10.8. The molecule has 2 aromatic carbocycles. The quantitative estimate of drug-likeness (QED) is 0.617. The zero-order valence-corrected chi connectivity index (χ0v) is 14.3. The maximum absolute atomic E-state index is 12.4. The number of H-pyrrole nitrogens is 1. The third-order valence-corrected chi connectivity index (χ3v) is 4.62. The predicted octanol–water partition coefficient (Wildman–Crippen LogP) is 3.89. The number of carbonyl (C=O) groups is 2. The summed E-state index contributed by atoms with van der Waals surface area (Å²) in [5, 5.41) is 3.93. The lowest BCUT2D eigenvalue weighted by Crippen LogP contribution is -2.15. The maximum Gasteiger partial charge on any atom is 0.272 e. The molecule has 0 aliphatic rings. The van der Waals surface area contributed by atoms with Gasteiger partial charge in [-0.25, -0.2) is 0 Å². The van der Waals surface area contributed by atoms with Crippen molar-refractivity contribution < 1.29 is 9.59 Å². The Morgan fingerprint density at radius 1 is 1.17 bits per heavy atom. The second-order valence-corrected chi connectivity index (χ2v) is 6.44. The molecule has 24 heavy (non-hydrogen) atoms. The summed E-state index contributed by atoms with van der Waals surface area (Å²) in [4.78, 5) is 27.9. The van der Waals surface area contributed by atoms with Crippen LogP contribution in [0, 0.1) is 0 Å². The molecule has 1 heterocycles. The first-order valence-electron chi connectivity index (χ1n) is 7.05. The molecule has 0 radical (unpaired) electrons. The third kappa shape index (κ3) is 3.25. The van der Waals surface area contributed by atoms with Gasteiger partial charge in [0.15, 0.2) is 0 Å². The van der Waals surface area contributed by atoms with E-state index in [4.69, 9.17) is 17.3 Å². The van der Waals surface area contributed by atoms with Crippen LogP contribution in [0.2, 0.25) is 5.02 Å². The van der Waals surface area contributed by atoms with Crippen molar-refractivity contribution in [1.29, 1.82) is 0 Å². The molecular weight excluding hydrogens is 346 g/mol. The molecule has 0 spiro atoms. The number of hydrogen-bond acceptors (Lipinski definition) is 3. The minimum atomic E-state index is -0.647. The number of hydrogen-bond donors (Lipinski definition) is 3. The van der Waals surface area contributed by atoms with Crippen LogP contribution in [0.3, 0.4) is 0 Å². The van der Waals surface area contributed by atoms with Crippen LogP contribution >= 0.6 is 23.4 Å². The molecule has 2 amide bonds. The topological polar surface area (TPSA) is 88.0 Å². The molecule has 0 saturated carbocycles. The van der Waals surface area contributed by atoms with Gasteiger partial charge in [0.1, 0.15) is 5.69 Å². The number of anilines is 1. The van der Waals surface area contributed by atoms with Gasteiger partial charge >= 0.3 is 0 Å². The van der Waals surface area contributed by atoms with E-state index in [0.29, 0.717) is 11.4 Å². The minimum Gasteiger partial charge on any atom is -0.366 e. The fourth-order valence-electron chi connectivity index (χ4n) is 2.35. The van der Waals surface area contributed by atoms with Crippen molar-refractivity contribution in [1.82, 2.24) is 4.98 Å². The molecule has 5 nitrogen and oxygen atoms in total. The Hall–Kier alpha value is -2.44. The van der Waals surface area contributed by atoms with Crippen LogP contribution in [0.1, 0.15) is 20.8 Å². The van der Waals surface area contributed by atoms with Crippen LogP contribution < -0.4 is 11.1 Å². The van der Waals surface area contributed by atoms with Gasteiger partial charge in [0, 0.05) is 21.5 Å². The number of benzene rings is 2. The predicted molar refractivity (Wildman–Crippen MR) is 98.0 cm³/mol. The molecule has 1 aromatic heterocycles. The highest BCUT2D eigenvalue weighted by molar-refractivity contribution is 7.98. The Labute approximate surface area is 147 Å². The average molecular weight is 360 g/mol. The second kappa shape index (κ2) is 6.59. The SMILES string of the molecule is CSc1ccc2cc(C(=O)Nc3ccc(Cl)c(C(N)=O)c3)[nH]c2c1. The summed E-state index contributed by atoms with van der Waals surface area (Å²) in [6.07, 6.45) is 1.99. The van der Waals surface area contributed by atoms with Gasteiger partial charge in [-0.05, 0) is 42.7 Å². The number of halogens is 1. The lowest BCUT2D eigenvalue weighted by molar-refractivity contribution is 0.0995. The highest BCUT2D eigenvalue weighted by Gasteiger charge is 2.13. The number of carbonyl (C=O) groups excluding carboxylic acids is 2. The molecule has 0 bridgehead atoms. The van der Waals surface area contributed by atoms with E-state index in [1.54, 1.807) is 23.9 Å². The van der Waals surface area contributed by atoms with Crippen molar-refractivity contribution in [3.8, 4) is 0 Å². The highest BCUT2D eigenvalue weighted by Crippen LogP contribution is 2.24. The van der Waals surface area contributed by atoms with Gasteiger partial charge in [-0.3, -0.25) is 9.59 Å². The van der Waals surface area contributed by atoms with E-state index in [1.165, 1.54) is 12.1 Å². The summed E-state index contributed by atoms with van der Waals surface area (Å²) in [5.74, 6) is -0.957. The number of nitrogens with two attached hydrogens (primary N) is 1. The number of fused-ring (bicyclic) bond motifs is 1. The first-order valence-corrected chi connectivity index (χ1v) is 8.65. The van der Waals surface area contributed by atoms with Crippen molar-refractivity contribution in [3.63, 3.8) is 0 Å². The summed E-state index contributed by atoms with van der Waals surface area (Å²) in [6, 6.07) is 12.3. The number of amides is 2. The molecule has 0 saturated heterocycles. The van der Waals surface area contributed by atoms with E-state index < -0.39 is 5.91 Å². The number of aromatic amines is 1. The largest absolute Gasteiger partial charge is 0.366 e. The zero-order chi connectivity index (χ0) is 17.3. The monoisotopic (exact) mass is 359 g/mol. The van der Waals surface area contributed by atoms with Gasteiger partial charge in [-0.1, -0.05) is 17.7 Å². The van der Waals surface area contributed by atoms with Gasteiger partial charge in [0.2, 0.25) is 5.91 Å². The summed E-state index contributed by atoms with van der Waals surface area (Å²) >= 11 is 7.54. The highest BCUT2D eigenvalue weighted by atomic mass is 35.5. The molecular formula is C17H14ClN3O2S. The number of aromatic nitrogens is 1. The van der Waals surface area contributed by atoms with Crippen molar-refractivity contribution in [2.75, 3.05) is 11.6 Å². The van der Waals surface area contributed by atoms with E-state index in [0.717, 1.165) is 15.8 Å². The molecule has 4 N–H and O–H groups in total. The Morgan fingerprint density at radius 2 is 1.96 bits per heavy atom. The molecule has 0 fully saturated rings. The fraction of sp³-hybridized carbons (Fsp3) is 0.0588. The first-order chi connectivity index (χ1) is 11.5. The van der Waals surface area contributed by atoms with Crippen molar-refractivity contribution in [3.05, 3.63) is 58.7 Å². The molecule has 0 atom stereocenters. The summed E-state index contributed by atoms with van der Waals surface area (Å²) in [7, 11) is 0. The van der Waals surface area contributed by atoms with Crippen LogP contribution in [-0.2, 0) is 0 Å². The fourth-order valence-corrected chi connectivity index (χ4v) is 3.00. The van der Waals surface area contributed by atoms with E-state index in [2.05, 4.69) is 10.3 Å². The zero-order valence-electron chi connectivity index (χ0n) is 12.7. The lowest BCUT2D eigenvalue weighted by atomic mass is 10.2. The van der Waals surface area contributed by atoms with Crippen molar-refractivity contribution in [2.45, 2.75) is 4.90 Å². The molecule has 0 aliphatic carbocycles. The maximum atomic E-state index is 12.4. The number of rotatable bonds is 4. The second-order valence-electron chi connectivity index (χ2n) is 5.15. The molecule has 3 aromatic rings. The van der Waals surface area contributed by atoms with Crippen molar-refractivity contribution >= 4 is 51.8 Å². The number of primary amides is 1. The first kappa shape index (κ1) is 16.4. The number of nitrogens with one attached hydrogen (secondary N) is 2. The van der Waals surface area contributed by atoms with E-state index in [-0.39, 0.29) is 16.5 Å². The third-order valence-electron chi connectivity index (χ3n) is 3.56. The van der Waals surface area contributed by atoms with Crippen LogP contribution in [0.25, 0.3) is 10.9 Å². The Kier molecular flexibility index (Phi) is 4.51. The average Bonchev–Trinajstić information content (AvgIpc) is 2.99. The Bertz CT molecular complexity index is 952. The molecule has 7 heteroatoms. The molecule has 3 rings (SSSR count). The molecule has 122 valence electrons. The lowest BCUT2D eigenvalue weighted by Gasteiger charge is -2.06. The number of thioether (sulfide) groups is 1. The van der Waals surface area contributed by atoms with Gasteiger partial charge in [0.25, 0.3) is 5.91 Å². The summed E-state index contributed by atoms with van der Waals surface area (Å²) in [6.45, 7) is 0. The van der Waals surface area contributed by atoms with Crippen LogP contribution in [-0.4, -0.2) is 23.1 Å². The Morgan fingerprint density at radius 3 is 2.67 bits per heavy atom. The van der Waals surface area contributed by atoms with Crippen molar-refractivity contribution in [2.24, 2.45) is 5.73 Å². The smallest absolute Gasteiger partial charge is 0.272 e. The van der Waals surface area contributed by atoms with Crippen LogP contribution in [0.4, 0.5) is 5.69 Å². The van der Waals surface area contributed by atoms with Gasteiger partial charge in [0.05, 0.1) is 10.6 Å². The van der Waals surface area contributed by atoms with Crippen LogP contribution in [0.15, 0.2) is 47.4 Å². The van der Waals surface area contributed by atoms with Gasteiger partial charge in [-0.2, -0.15) is 0 Å². The van der Waals surface area contributed by atoms with E-state index in [1.807, 2.05) is 24.5 Å². The van der Waals surface area contributed by atoms with E-state index >= 15 is 0 Å². The molecule has 0 unspecified atom stereocenters. The van der Waals surface area contributed by atoms with Gasteiger partial charge < -0.3 is 16.0 Å². The molecule has 0 aliphatic heterocycles. The van der Waals surface area contributed by atoms with Gasteiger partial charge in [-0.15, -0.1) is 11.8 Å². The minimum absolute atomic E-state index is 0.163. The standard InChI is InChI=1S/C17H14ClN3O2S/c1-24-11-4-2-9-6-15(21-14(9)8-11)17(23)20-10-3-5-13(18)12(7-10)16(19)22/h2-8,21H,1H3,(H2,19,22)(H,20,23). The Balaban J connectivity index is 1.87. The van der Waals surface area contributed by atoms with Crippen LogP contribution in [0.5, 0.6) is 0 Å². The summed E-state index contributed by atoms with van der Waals surface area (Å²) < 4.78 is 0. The summed E-state index contributed by atoms with van der Waals surface area (Å²) in [5.41, 5.74) is 7.19. The van der Waals surface area contributed by atoms with E-state index in [9.17, 15) is 9.59 Å².